The fraction of sp³-hybridized carbons (Fsp3) is 0.812. The van der Waals surface area contributed by atoms with Crippen LogP contribution in [0.3, 0.4) is 0 Å². The van der Waals surface area contributed by atoms with Crippen LogP contribution in [0.25, 0.3) is 0 Å². The number of hydrogen-bond donors (Lipinski definition) is 1. The van der Waals surface area contributed by atoms with Crippen molar-refractivity contribution < 1.29 is 4.52 Å². The number of halogens is 1. The first kappa shape index (κ1) is 19.4. The summed E-state index contributed by atoms with van der Waals surface area (Å²) < 4.78 is 5.00. The van der Waals surface area contributed by atoms with E-state index in [0.717, 1.165) is 25.0 Å². The van der Waals surface area contributed by atoms with Crippen molar-refractivity contribution in [3.8, 4) is 0 Å². The molecule has 0 aromatic carbocycles. The Hall–Kier alpha value is -0.900. The van der Waals surface area contributed by atoms with E-state index in [9.17, 15) is 0 Å². The van der Waals surface area contributed by atoms with Gasteiger partial charge < -0.3 is 19.6 Å². The summed E-state index contributed by atoms with van der Waals surface area (Å²) in [7, 11) is 1.84. The lowest BCUT2D eigenvalue weighted by Gasteiger charge is -2.29. The van der Waals surface area contributed by atoms with Gasteiger partial charge in [0.1, 0.15) is 0 Å². The van der Waals surface area contributed by atoms with Gasteiger partial charge in [0.25, 0.3) is 0 Å². The van der Waals surface area contributed by atoms with Crippen LogP contribution in [-0.4, -0.2) is 65.7 Å². The Morgan fingerprint density at radius 1 is 1.29 bits per heavy atom. The van der Waals surface area contributed by atoms with Gasteiger partial charge in [-0.05, 0) is 38.3 Å². The maximum absolute atomic E-state index is 5.00. The van der Waals surface area contributed by atoms with Crippen molar-refractivity contribution in [3.05, 3.63) is 11.7 Å². The van der Waals surface area contributed by atoms with E-state index < -0.39 is 0 Å². The Kier molecular flexibility index (Phi) is 7.73. The lowest BCUT2D eigenvalue weighted by Crippen LogP contribution is -2.41. The normalized spacial score (nSPS) is 22.5. The van der Waals surface area contributed by atoms with E-state index in [-0.39, 0.29) is 24.0 Å². The molecule has 3 rings (SSSR count). The molecule has 24 heavy (non-hydrogen) atoms. The van der Waals surface area contributed by atoms with E-state index in [2.05, 4.69) is 30.2 Å². The molecule has 2 aliphatic rings. The molecule has 0 radical (unpaired) electrons. The van der Waals surface area contributed by atoms with E-state index in [1.54, 1.807) is 6.92 Å². The largest absolute Gasteiger partial charge is 0.349 e. The number of aliphatic imine (C=N–C) groups is 1. The number of rotatable bonds is 4. The molecule has 7 nitrogen and oxygen atoms in total. The number of likely N-dealkylation sites (tertiary alicyclic amines) is 2. The maximum Gasteiger partial charge on any atom is 0.223 e. The second kappa shape index (κ2) is 9.55. The Morgan fingerprint density at radius 2 is 2.08 bits per heavy atom. The molecule has 3 heterocycles. The van der Waals surface area contributed by atoms with Crippen molar-refractivity contribution in [1.29, 1.82) is 0 Å². The van der Waals surface area contributed by atoms with Crippen LogP contribution < -0.4 is 5.32 Å². The number of hydrogen-bond acceptors (Lipinski definition) is 5. The Bertz CT molecular complexity index is 528. The van der Waals surface area contributed by atoms with Crippen molar-refractivity contribution in [2.75, 3.05) is 39.8 Å². The molecular formula is C16H29IN6O. The molecule has 2 saturated heterocycles. The highest BCUT2D eigenvalue weighted by Gasteiger charge is 2.27. The van der Waals surface area contributed by atoms with Crippen LogP contribution in [0.1, 0.15) is 37.4 Å². The van der Waals surface area contributed by atoms with Crippen LogP contribution in [0.4, 0.5) is 0 Å². The van der Waals surface area contributed by atoms with Crippen molar-refractivity contribution >= 4 is 29.9 Å². The quantitative estimate of drug-likeness (QED) is 0.431. The summed E-state index contributed by atoms with van der Waals surface area (Å²) in [5, 5.41) is 7.25. The first-order valence-corrected chi connectivity index (χ1v) is 8.71. The molecule has 0 amide bonds. The molecule has 2 aliphatic heterocycles. The van der Waals surface area contributed by atoms with Crippen LogP contribution in [-0.2, 0) is 6.54 Å². The van der Waals surface area contributed by atoms with Gasteiger partial charge in [-0.2, -0.15) is 4.98 Å². The highest BCUT2D eigenvalue weighted by Crippen LogP contribution is 2.19. The minimum Gasteiger partial charge on any atom is -0.349 e. The van der Waals surface area contributed by atoms with Gasteiger partial charge in [-0.1, -0.05) is 11.6 Å². The molecule has 136 valence electrons. The molecule has 0 aliphatic carbocycles. The summed E-state index contributed by atoms with van der Waals surface area (Å²) in [4.78, 5) is 13.6. The first-order chi connectivity index (χ1) is 11.2. The minimum absolute atomic E-state index is 0. The van der Waals surface area contributed by atoms with Crippen LogP contribution in [0.5, 0.6) is 0 Å². The average Bonchev–Trinajstić information content (AvgIpc) is 3.19. The predicted octanol–water partition coefficient (Wildman–Crippen LogP) is 1.88. The van der Waals surface area contributed by atoms with Crippen molar-refractivity contribution in [2.45, 2.75) is 39.2 Å². The third kappa shape index (κ3) is 5.30. The second-order valence-corrected chi connectivity index (χ2v) is 6.59. The van der Waals surface area contributed by atoms with Gasteiger partial charge in [0, 0.05) is 33.6 Å². The summed E-state index contributed by atoms with van der Waals surface area (Å²) in [5.41, 5.74) is 0. The van der Waals surface area contributed by atoms with E-state index >= 15 is 0 Å². The van der Waals surface area contributed by atoms with Gasteiger partial charge in [-0.25, -0.2) is 0 Å². The molecule has 1 atom stereocenters. The molecule has 1 N–H and O–H groups in total. The van der Waals surface area contributed by atoms with Gasteiger partial charge >= 0.3 is 0 Å². The zero-order valence-electron chi connectivity index (χ0n) is 14.7. The number of aryl methyl sites for hydroxylation is 1. The molecule has 0 bridgehead atoms. The lowest BCUT2D eigenvalue weighted by molar-refractivity contribution is 0.198. The molecule has 0 saturated carbocycles. The second-order valence-electron chi connectivity index (χ2n) is 6.59. The van der Waals surface area contributed by atoms with Crippen LogP contribution in [0.15, 0.2) is 9.52 Å². The Balaban J connectivity index is 0.00000208. The molecule has 1 aromatic rings. The number of piperidine rings is 1. The van der Waals surface area contributed by atoms with Crippen molar-refractivity contribution in [3.63, 3.8) is 0 Å². The summed E-state index contributed by atoms with van der Waals surface area (Å²) in [5.74, 6) is 2.96. The molecule has 2 fully saturated rings. The van der Waals surface area contributed by atoms with Gasteiger partial charge in [0.15, 0.2) is 11.8 Å². The smallest absolute Gasteiger partial charge is 0.223 e. The Morgan fingerprint density at radius 3 is 2.75 bits per heavy atom. The topological polar surface area (TPSA) is 69.8 Å². The van der Waals surface area contributed by atoms with Crippen molar-refractivity contribution in [1.82, 2.24) is 25.3 Å². The number of nitrogens with one attached hydrogen (secondary N) is 1. The van der Waals surface area contributed by atoms with E-state index in [0.29, 0.717) is 18.3 Å². The van der Waals surface area contributed by atoms with Gasteiger partial charge in [-0.15, -0.1) is 24.0 Å². The third-order valence-corrected chi connectivity index (χ3v) is 4.74. The van der Waals surface area contributed by atoms with Gasteiger partial charge in [-0.3, -0.25) is 4.99 Å². The fourth-order valence-corrected chi connectivity index (χ4v) is 3.58. The van der Waals surface area contributed by atoms with E-state index in [1.165, 1.54) is 45.3 Å². The zero-order chi connectivity index (χ0) is 16.1. The van der Waals surface area contributed by atoms with Crippen LogP contribution in [0, 0.1) is 12.8 Å². The van der Waals surface area contributed by atoms with E-state index in [1.807, 2.05) is 7.05 Å². The summed E-state index contributed by atoms with van der Waals surface area (Å²) in [6.45, 7) is 8.30. The number of guanidine groups is 1. The number of nitrogens with zero attached hydrogens (tertiary/aromatic N) is 5. The maximum atomic E-state index is 5.00. The first-order valence-electron chi connectivity index (χ1n) is 8.71. The standard InChI is InChI=1S/C16H28N6O.HI/c1-13-19-15(20-23-13)10-18-16(17-2)22-9-6-14(12-22)11-21-7-4-3-5-8-21;/h14H,3-12H2,1-2H3,(H,17,18);1H. The Labute approximate surface area is 161 Å². The average molecular weight is 448 g/mol. The van der Waals surface area contributed by atoms with Crippen LogP contribution in [0.2, 0.25) is 0 Å². The molecule has 1 aromatic heterocycles. The zero-order valence-corrected chi connectivity index (χ0v) is 17.0. The summed E-state index contributed by atoms with van der Waals surface area (Å²) in [6.07, 6.45) is 5.38. The predicted molar refractivity (Wildman–Crippen MR) is 105 cm³/mol. The summed E-state index contributed by atoms with van der Waals surface area (Å²) in [6, 6.07) is 0. The lowest BCUT2D eigenvalue weighted by atomic mass is 10.1. The van der Waals surface area contributed by atoms with Crippen LogP contribution >= 0.6 is 24.0 Å². The van der Waals surface area contributed by atoms with Gasteiger partial charge in [0.05, 0.1) is 6.54 Å². The summed E-state index contributed by atoms with van der Waals surface area (Å²) >= 11 is 0. The highest BCUT2D eigenvalue weighted by atomic mass is 127. The van der Waals surface area contributed by atoms with Gasteiger partial charge in [0.2, 0.25) is 5.89 Å². The number of aromatic nitrogens is 2. The minimum atomic E-state index is 0. The van der Waals surface area contributed by atoms with Crippen molar-refractivity contribution in [2.24, 2.45) is 10.9 Å². The molecule has 0 spiro atoms. The monoisotopic (exact) mass is 448 g/mol. The molecule has 8 heteroatoms. The molecule has 1 unspecified atom stereocenters. The highest BCUT2D eigenvalue weighted by molar-refractivity contribution is 14.0. The van der Waals surface area contributed by atoms with E-state index in [4.69, 9.17) is 4.52 Å². The third-order valence-electron chi connectivity index (χ3n) is 4.74. The SMILES string of the molecule is CN=C(NCc1noc(C)n1)N1CCC(CN2CCCCC2)C1.I. The molecular weight excluding hydrogens is 419 g/mol. The fourth-order valence-electron chi connectivity index (χ4n) is 3.58.